The van der Waals surface area contributed by atoms with E-state index >= 15 is 0 Å². The van der Waals surface area contributed by atoms with Gasteiger partial charge >= 0.3 is 0 Å². The number of anilines is 1. The Kier molecular flexibility index (Phi) is 6.95. The maximum atomic E-state index is 12.8. The monoisotopic (exact) mass is 429 g/mol. The number of carbonyl (C=O) groups excluding carboxylic acids is 2. The number of nitrogens with one attached hydrogen (secondary N) is 1. The first-order valence-electron chi connectivity index (χ1n) is 8.88. The Bertz CT molecular complexity index is 946. The van der Waals surface area contributed by atoms with Crippen LogP contribution < -0.4 is 10.1 Å². The van der Waals surface area contributed by atoms with Crippen molar-refractivity contribution in [2.45, 2.75) is 11.7 Å². The molecule has 29 heavy (non-hydrogen) atoms. The third kappa shape index (κ3) is 5.19. The van der Waals surface area contributed by atoms with E-state index in [0.29, 0.717) is 33.9 Å². The van der Waals surface area contributed by atoms with Crippen LogP contribution in [0.5, 0.6) is 5.75 Å². The number of aliphatic imine (C=N–C) groups is 1. The van der Waals surface area contributed by atoms with Gasteiger partial charge in [-0.05, 0) is 36.4 Å². The number of para-hydroxylation sites is 2. The molecule has 0 bridgehead atoms. The zero-order chi connectivity index (χ0) is 20.8. The number of ether oxygens (including phenoxy) is 1. The van der Waals surface area contributed by atoms with Gasteiger partial charge in [-0.2, -0.15) is 0 Å². The van der Waals surface area contributed by atoms with Crippen molar-refractivity contribution in [1.82, 2.24) is 4.90 Å². The molecule has 8 heteroatoms. The van der Waals surface area contributed by atoms with Gasteiger partial charge in [0.05, 0.1) is 18.5 Å². The van der Waals surface area contributed by atoms with Crippen molar-refractivity contribution in [3.8, 4) is 5.75 Å². The highest BCUT2D eigenvalue weighted by atomic mass is 35.5. The molecule has 1 aliphatic rings. The summed E-state index contributed by atoms with van der Waals surface area (Å²) < 4.78 is 5.27. The molecule has 6 nitrogen and oxygen atoms in total. The van der Waals surface area contributed by atoms with Gasteiger partial charge in [-0.15, -0.1) is 6.58 Å². The van der Waals surface area contributed by atoms with E-state index in [4.69, 9.17) is 16.3 Å². The number of amides is 2. The second-order valence-electron chi connectivity index (χ2n) is 6.16. The third-order valence-electron chi connectivity index (χ3n) is 4.16. The Morgan fingerprint density at radius 2 is 2.07 bits per heavy atom. The molecule has 2 amide bonds. The van der Waals surface area contributed by atoms with E-state index in [9.17, 15) is 9.59 Å². The molecule has 1 N–H and O–H groups in total. The predicted octanol–water partition coefficient (Wildman–Crippen LogP) is 4.49. The Labute approximate surface area is 178 Å². The molecule has 1 fully saturated rings. The quantitative estimate of drug-likeness (QED) is 0.686. The van der Waals surface area contributed by atoms with E-state index in [0.717, 1.165) is 0 Å². The maximum absolute atomic E-state index is 12.8. The first-order valence-corrected chi connectivity index (χ1v) is 10.1. The van der Waals surface area contributed by atoms with Crippen LogP contribution in [-0.4, -0.2) is 40.8 Å². The predicted molar refractivity (Wildman–Crippen MR) is 118 cm³/mol. The van der Waals surface area contributed by atoms with Crippen LogP contribution in [0.15, 0.2) is 66.2 Å². The number of rotatable bonds is 6. The molecular formula is C21H20ClN3O3S. The first kappa shape index (κ1) is 21.0. The minimum atomic E-state index is -0.612. The molecule has 0 spiro atoms. The Morgan fingerprint density at radius 3 is 2.76 bits per heavy atom. The highest BCUT2D eigenvalue weighted by molar-refractivity contribution is 8.15. The number of halogens is 1. The Morgan fingerprint density at radius 1 is 1.34 bits per heavy atom. The lowest BCUT2D eigenvalue weighted by Crippen LogP contribution is -2.45. The average Bonchev–Trinajstić information content (AvgIpc) is 2.72. The summed E-state index contributed by atoms with van der Waals surface area (Å²) in [4.78, 5) is 31.6. The molecule has 150 valence electrons. The van der Waals surface area contributed by atoms with Crippen LogP contribution in [0.4, 0.5) is 11.4 Å². The maximum Gasteiger partial charge on any atom is 0.238 e. The van der Waals surface area contributed by atoms with Crippen LogP contribution >= 0.6 is 23.4 Å². The van der Waals surface area contributed by atoms with Crippen molar-refractivity contribution in [2.75, 3.05) is 19.0 Å². The zero-order valence-corrected chi connectivity index (χ0v) is 17.4. The van der Waals surface area contributed by atoms with E-state index in [1.54, 1.807) is 48.5 Å². The van der Waals surface area contributed by atoms with Crippen molar-refractivity contribution in [2.24, 2.45) is 4.99 Å². The summed E-state index contributed by atoms with van der Waals surface area (Å²) in [6.07, 6.45) is 1.70. The second-order valence-corrected chi connectivity index (χ2v) is 7.77. The van der Waals surface area contributed by atoms with Crippen molar-refractivity contribution < 1.29 is 14.3 Å². The number of nitrogens with zero attached hydrogens (tertiary/aromatic N) is 2. The highest BCUT2D eigenvalue weighted by Crippen LogP contribution is 2.31. The van der Waals surface area contributed by atoms with Gasteiger partial charge in [-0.3, -0.25) is 14.5 Å². The molecule has 1 saturated heterocycles. The lowest BCUT2D eigenvalue weighted by molar-refractivity contribution is -0.129. The summed E-state index contributed by atoms with van der Waals surface area (Å²) in [7, 11) is 1.54. The molecule has 3 rings (SSSR count). The lowest BCUT2D eigenvalue weighted by atomic mass is 10.2. The standard InChI is InChI=1S/C21H20ClN3O3S/c1-3-12-25-19(26)13-18(20(27)24-16-6-4-5-7-17(16)28-2)29-21(25)23-15-10-8-14(22)9-11-15/h3-11,18H,1,12-13H2,2H3,(H,24,27)/t18-/m0/s1. The number of hydrogen-bond donors (Lipinski definition) is 1. The van der Waals surface area contributed by atoms with Crippen molar-refractivity contribution in [3.63, 3.8) is 0 Å². The van der Waals surface area contributed by atoms with Crippen molar-refractivity contribution in [3.05, 3.63) is 66.2 Å². The van der Waals surface area contributed by atoms with Crippen LogP contribution in [0, 0.1) is 0 Å². The fourth-order valence-electron chi connectivity index (χ4n) is 2.74. The number of benzene rings is 2. The Balaban J connectivity index is 1.83. The molecule has 2 aromatic carbocycles. The van der Waals surface area contributed by atoms with Gasteiger partial charge < -0.3 is 10.1 Å². The molecule has 0 saturated carbocycles. The van der Waals surface area contributed by atoms with E-state index in [1.807, 2.05) is 6.07 Å². The smallest absolute Gasteiger partial charge is 0.238 e. The van der Waals surface area contributed by atoms with Crippen molar-refractivity contribution in [1.29, 1.82) is 0 Å². The molecular weight excluding hydrogens is 410 g/mol. The normalized spacial score (nSPS) is 17.9. The average molecular weight is 430 g/mol. The molecule has 0 aliphatic carbocycles. The van der Waals surface area contributed by atoms with Gasteiger partial charge in [0.25, 0.3) is 0 Å². The first-order chi connectivity index (χ1) is 14.0. The van der Waals surface area contributed by atoms with E-state index in [1.165, 1.54) is 23.8 Å². The van der Waals surface area contributed by atoms with Crippen LogP contribution in [0.1, 0.15) is 6.42 Å². The summed E-state index contributed by atoms with van der Waals surface area (Å²) in [6, 6.07) is 14.1. The van der Waals surface area contributed by atoms with Crippen LogP contribution in [0.2, 0.25) is 5.02 Å². The summed E-state index contributed by atoms with van der Waals surface area (Å²) in [5.41, 5.74) is 1.20. The van der Waals surface area contributed by atoms with Gasteiger partial charge in [0.1, 0.15) is 11.0 Å². The molecule has 2 aromatic rings. The molecule has 1 heterocycles. The van der Waals surface area contributed by atoms with Gasteiger partial charge in [0.15, 0.2) is 5.17 Å². The van der Waals surface area contributed by atoms with Crippen LogP contribution in [-0.2, 0) is 9.59 Å². The molecule has 0 unspecified atom stereocenters. The number of thioether (sulfide) groups is 1. The number of methoxy groups -OCH3 is 1. The fourth-order valence-corrected chi connectivity index (χ4v) is 3.97. The number of amidine groups is 1. The van der Waals surface area contributed by atoms with E-state index < -0.39 is 5.25 Å². The summed E-state index contributed by atoms with van der Waals surface area (Å²) in [5.74, 6) is 0.0859. The molecule has 0 radical (unpaired) electrons. The zero-order valence-electron chi connectivity index (χ0n) is 15.8. The largest absolute Gasteiger partial charge is 0.495 e. The summed E-state index contributed by atoms with van der Waals surface area (Å²) in [6.45, 7) is 4.02. The van der Waals surface area contributed by atoms with E-state index in [2.05, 4.69) is 16.9 Å². The summed E-state index contributed by atoms with van der Waals surface area (Å²) >= 11 is 7.17. The van der Waals surface area contributed by atoms with Crippen LogP contribution in [0.3, 0.4) is 0 Å². The van der Waals surface area contributed by atoms with Gasteiger partial charge in [0, 0.05) is 18.0 Å². The third-order valence-corrected chi connectivity index (χ3v) is 5.60. The van der Waals surface area contributed by atoms with Crippen molar-refractivity contribution >= 4 is 51.7 Å². The van der Waals surface area contributed by atoms with Gasteiger partial charge in [-0.1, -0.05) is 41.6 Å². The minimum Gasteiger partial charge on any atom is -0.495 e. The summed E-state index contributed by atoms with van der Waals surface area (Å²) in [5, 5.41) is 3.27. The molecule has 1 atom stereocenters. The highest BCUT2D eigenvalue weighted by Gasteiger charge is 2.35. The van der Waals surface area contributed by atoms with Gasteiger partial charge in [-0.25, -0.2) is 4.99 Å². The van der Waals surface area contributed by atoms with Gasteiger partial charge in [0.2, 0.25) is 11.8 Å². The second kappa shape index (κ2) is 9.62. The SMILES string of the molecule is C=CCN1C(=O)C[C@@H](C(=O)Nc2ccccc2OC)SC1=Nc1ccc(Cl)cc1. The van der Waals surface area contributed by atoms with E-state index in [-0.39, 0.29) is 18.2 Å². The minimum absolute atomic E-state index is 0.0686. The topological polar surface area (TPSA) is 71.0 Å². The molecule has 0 aromatic heterocycles. The Hall–Kier alpha value is -2.77. The fraction of sp³-hybridized carbons (Fsp3) is 0.190. The van der Waals surface area contributed by atoms with Crippen LogP contribution in [0.25, 0.3) is 0 Å². The molecule has 1 aliphatic heterocycles. The lowest BCUT2D eigenvalue weighted by Gasteiger charge is -2.31. The number of carbonyl (C=O) groups is 2. The number of hydrogen-bond acceptors (Lipinski definition) is 5.